The van der Waals surface area contributed by atoms with Gasteiger partial charge in [-0.2, -0.15) is 10.2 Å². The Labute approximate surface area is 223 Å². The number of pyridine rings is 1. The monoisotopic (exact) mass is 600 g/mol. The fourth-order valence-electron chi connectivity index (χ4n) is 5.30. The lowest BCUT2D eigenvalue weighted by atomic mass is 9.83. The standard InChI is InChI=1S/C26H29IN6O3/c1-3-36-23-8-7-17(11-28-29-26(35)25-21(27)16-31(2)30-25)9-20(23)15-32-12-18-10-19(14-32)22-5-4-6-24(34)33(22)13-18/h4-9,11,16,18-19H,3,10,12-15H2,1-2H3,(H,29,35)/b28-11+. The third-order valence-electron chi connectivity index (χ3n) is 6.71. The van der Waals surface area contributed by atoms with E-state index in [2.05, 4.69) is 55.2 Å². The summed E-state index contributed by atoms with van der Waals surface area (Å²) in [5.74, 6) is 1.33. The molecule has 2 unspecified atom stereocenters. The smallest absolute Gasteiger partial charge is 0.292 e. The molecule has 0 radical (unpaired) electrons. The number of rotatable bonds is 7. The van der Waals surface area contributed by atoms with Gasteiger partial charge in [0.2, 0.25) is 0 Å². The van der Waals surface area contributed by atoms with E-state index in [-0.39, 0.29) is 11.5 Å². The molecule has 9 nitrogen and oxygen atoms in total. The van der Waals surface area contributed by atoms with Crippen LogP contribution in [0.15, 0.2) is 52.5 Å². The second kappa shape index (κ2) is 10.6. The number of hydrazone groups is 1. The molecule has 2 aliphatic rings. The average Bonchev–Trinajstić information content (AvgIpc) is 3.19. The van der Waals surface area contributed by atoms with Crippen LogP contribution in [0, 0.1) is 9.49 Å². The molecule has 3 aromatic rings. The van der Waals surface area contributed by atoms with Crippen molar-refractivity contribution in [2.24, 2.45) is 18.1 Å². The Kier molecular flexibility index (Phi) is 7.24. The summed E-state index contributed by atoms with van der Waals surface area (Å²) in [5.41, 5.74) is 6.12. The Morgan fingerprint density at radius 3 is 2.92 bits per heavy atom. The molecule has 1 fully saturated rings. The normalized spacial score (nSPS) is 19.3. The minimum atomic E-state index is -0.346. The number of benzene rings is 1. The average molecular weight is 600 g/mol. The lowest BCUT2D eigenvalue weighted by Crippen LogP contribution is -2.46. The van der Waals surface area contributed by atoms with Crippen molar-refractivity contribution >= 4 is 34.7 Å². The van der Waals surface area contributed by atoms with Crippen LogP contribution in [0.3, 0.4) is 0 Å². The van der Waals surface area contributed by atoms with Crippen LogP contribution in [0.2, 0.25) is 0 Å². The van der Waals surface area contributed by atoms with Gasteiger partial charge in [-0.3, -0.25) is 19.2 Å². The van der Waals surface area contributed by atoms with E-state index in [0.717, 1.165) is 58.7 Å². The maximum Gasteiger partial charge on any atom is 0.292 e. The summed E-state index contributed by atoms with van der Waals surface area (Å²) in [6, 6.07) is 11.6. The van der Waals surface area contributed by atoms with Crippen LogP contribution in [0.1, 0.15) is 46.6 Å². The van der Waals surface area contributed by atoms with E-state index in [1.54, 1.807) is 30.2 Å². The van der Waals surface area contributed by atoms with E-state index in [1.807, 2.05) is 29.7 Å². The maximum absolute atomic E-state index is 12.4. The van der Waals surface area contributed by atoms with Gasteiger partial charge in [0.05, 0.1) is 16.4 Å². The van der Waals surface area contributed by atoms with Gasteiger partial charge in [0.15, 0.2) is 5.69 Å². The van der Waals surface area contributed by atoms with Gasteiger partial charge in [-0.1, -0.05) is 6.07 Å². The lowest BCUT2D eigenvalue weighted by Gasteiger charge is -2.43. The molecule has 1 saturated heterocycles. The van der Waals surface area contributed by atoms with Crippen molar-refractivity contribution in [2.75, 3.05) is 19.7 Å². The predicted molar refractivity (Wildman–Crippen MR) is 145 cm³/mol. The lowest BCUT2D eigenvalue weighted by molar-refractivity contribution is 0.0948. The molecular weight excluding hydrogens is 571 g/mol. The van der Waals surface area contributed by atoms with Crippen molar-refractivity contribution in [3.63, 3.8) is 0 Å². The minimum Gasteiger partial charge on any atom is -0.494 e. The SMILES string of the molecule is CCOc1ccc(/C=N/NC(=O)c2nn(C)cc2I)cc1CN1CC2CC(C1)c1cccc(=O)n1C2. The first-order valence-corrected chi connectivity index (χ1v) is 13.2. The summed E-state index contributed by atoms with van der Waals surface area (Å²) in [7, 11) is 1.78. The van der Waals surface area contributed by atoms with Crippen molar-refractivity contribution in [2.45, 2.75) is 32.4 Å². The molecule has 0 saturated carbocycles. The quantitative estimate of drug-likeness (QED) is 0.256. The molecule has 36 heavy (non-hydrogen) atoms. The van der Waals surface area contributed by atoms with Gasteiger partial charge >= 0.3 is 0 Å². The first-order chi connectivity index (χ1) is 17.4. The van der Waals surface area contributed by atoms with E-state index in [0.29, 0.717) is 24.1 Å². The van der Waals surface area contributed by atoms with Crippen LogP contribution in [-0.4, -0.2) is 51.1 Å². The van der Waals surface area contributed by atoms with Crippen molar-refractivity contribution in [1.29, 1.82) is 0 Å². The Hall–Kier alpha value is -2.99. The van der Waals surface area contributed by atoms with Gasteiger partial charge in [0.25, 0.3) is 11.5 Å². The maximum atomic E-state index is 12.4. The molecule has 10 heteroatoms. The van der Waals surface area contributed by atoms with Crippen molar-refractivity contribution in [3.05, 3.63) is 79.0 Å². The molecule has 2 aromatic heterocycles. The Morgan fingerprint density at radius 2 is 2.14 bits per heavy atom. The number of ether oxygens (including phenoxy) is 1. The van der Waals surface area contributed by atoms with Crippen LogP contribution >= 0.6 is 22.6 Å². The number of likely N-dealkylation sites (tertiary alicyclic amines) is 1. The highest BCUT2D eigenvalue weighted by atomic mass is 127. The van der Waals surface area contributed by atoms with Crippen LogP contribution in [0.25, 0.3) is 0 Å². The van der Waals surface area contributed by atoms with E-state index in [4.69, 9.17) is 4.74 Å². The number of amides is 1. The Balaban J connectivity index is 1.30. The summed E-state index contributed by atoms with van der Waals surface area (Å²) in [4.78, 5) is 27.2. The largest absolute Gasteiger partial charge is 0.494 e. The van der Waals surface area contributed by atoms with E-state index >= 15 is 0 Å². The fourth-order valence-corrected chi connectivity index (χ4v) is 6.05. The first-order valence-electron chi connectivity index (χ1n) is 12.1. The molecule has 1 amide bonds. The Bertz CT molecular complexity index is 1360. The molecule has 0 aliphatic carbocycles. The number of fused-ring (bicyclic) bond motifs is 4. The van der Waals surface area contributed by atoms with Gasteiger partial charge in [0.1, 0.15) is 5.75 Å². The van der Waals surface area contributed by atoms with Crippen molar-refractivity contribution < 1.29 is 9.53 Å². The number of carbonyl (C=O) groups excluding carboxylic acids is 1. The molecule has 0 spiro atoms. The number of nitrogens with zero attached hydrogens (tertiary/aromatic N) is 5. The summed E-state index contributed by atoms with van der Waals surface area (Å²) in [5, 5.41) is 8.32. The van der Waals surface area contributed by atoms with Crippen molar-refractivity contribution in [1.82, 2.24) is 24.7 Å². The zero-order valence-electron chi connectivity index (χ0n) is 20.4. The highest BCUT2D eigenvalue weighted by molar-refractivity contribution is 14.1. The number of hydrogen-bond donors (Lipinski definition) is 1. The van der Waals surface area contributed by atoms with Gasteiger partial charge < -0.3 is 9.30 Å². The third kappa shape index (κ3) is 5.24. The molecular formula is C26H29IN6O3. The second-order valence-electron chi connectivity index (χ2n) is 9.39. The van der Waals surface area contributed by atoms with Crippen LogP contribution in [0.5, 0.6) is 5.75 Å². The molecule has 1 N–H and O–H groups in total. The van der Waals surface area contributed by atoms with Gasteiger partial charge in [-0.15, -0.1) is 0 Å². The highest BCUT2D eigenvalue weighted by Crippen LogP contribution is 2.36. The van der Waals surface area contributed by atoms with E-state index in [1.165, 1.54) is 0 Å². The number of aryl methyl sites for hydroxylation is 1. The number of hydrogen-bond acceptors (Lipinski definition) is 6. The van der Waals surface area contributed by atoms with E-state index in [9.17, 15) is 9.59 Å². The molecule has 1 aromatic carbocycles. The number of carbonyl (C=O) groups is 1. The molecule has 4 heterocycles. The number of nitrogens with one attached hydrogen (secondary N) is 1. The fraction of sp³-hybridized carbons (Fsp3) is 0.385. The van der Waals surface area contributed by atoms with Gasteiger partial charge in [-0.25, -0.2) is 5.43 Å². The summed E-state index contributed by atoms with van der Waals surface area (Å²) in [6.07, 6.45) is 4.55. The van der Waals surface area contributed by atoms with Crippen LogP contribution in [0.4, 0.5) is 0 Å². The molecule has 2 bridgehead atoms. The molecule has 5 rings (SSSR count). The van der Waals surface area contributed by atoms with Crippen LogP contribution < -0.4 is 15.7 Å². The van der Waals surface area contributed by atoms with Gasteiger partial charge in [0, 0.05) is 62.7 Å². The molecule has 188 valence electrons. The summed E-state index contributed by atoms with van der Waals surface area (Å²) >= 11 is 2.08. The minimum absolute atomic E-state index is 0.103. The first kappa shape index (κ1) is 24.7. The molecule has 2 aliphatic heterocycles. The van der Waals surface area contributed by atoms with Crippen LogP contribution in [-0.2, 0) is 20.1 Å². The third-order valence-corrected chi connectivity index (χ3v) is 7.50. The zero-order chi connectivity index (χ0) is 25.2. The second-order valence-corrected chi connectivity index (χ2v) is 10.6. The summed E-state index contributed by atoms with van der Waals surface area (Å²) < 4.78 is 10.2. The van der Waals surface area contributed by atoms with E-state index < -0.39 is 0 Å². The Morgan fingerprint density at radius 1 is 1.28 bits per heavy atom. The predicted octanol–water partition coefficient (Wildman–Crippen LogP) is 2.97. The highest BCUT2D eigenvalue weighted by Gasteiger charge is 2.34. The molecule has 2 atom stereocenters. The zero-order valence-corrected chi connectivity index (χ0v) is 22.5. The number of halogens is 1. The van der Waals surface area contributed by atoms with Crippen molar-refractivity contribution in [3.8, 4) is 5.75 Å². The topological polar surface area (TPSA) is 93.8 Å². The summed E-state index contributed by atoms with van der Waals surface area (Å²) in [6.45, 7) is 5.94. The number of aromatic nitrogens is 3. The van der Waals surface area contributed by atoms with Gasteiger partial charge in [-0.05, 0) is 71.7 Å². The number of piperidine rings is 1.